The van der Waals surface area contributed by atoms with E-state index in [1.54, 1.807) is 30.5 Å². The Morgan fingerprint density at radius 1 is 1.00 bits per heavy atom. The summed E-state index contributed by atoms with van der Waals surface area (Å²) in [6.07, 6.45) is 1.55. The lowest BCUT2D eigenvalue weighted by Crippen LogP contribution is -2.17. The van der Waals surface area contributed by atoms with E-state index < -0.39 is 11.7 Å². The van der Waals surface area contributed by atoms with E-state index in [1.807, 2.05) is 30.3 Å². The van der Waals surface area contributed by atoms with Crippen LogP contribution in [0.25, 0.3) is 17.1 Å². The predicted octanol–water partition coefficient (Wildman–Crippen LogP) is 4.52. The van der Waals surface area contributed by atoms with Crippen LogP contribution in [0, 0.1) is 5.82 Å². The molecule has 2 aromatic carbocycles. The molecule has 0 saturated carbocycles. The Morgan fingerprint density at radius 3 is 2.58 bits per heavy atom. The zero-order chi connectivity index (χ0) is 17.9. The third kappa shape index (κ3) is 3.12. The maximum atomic E-state index is 13.4. The molecule has 128 valence electrons. The highest BCUT2D eigenvalue weighted by Gasteiger charge is 2.19. The minimum absolute atomic E-state index is 0.312. The molecule has 0 unspecified atom stereocenters. The highest BCUT2D eigenvalue weighted by Crippen LogP contribution is 2.23. The second-order valence-corrected chi connectivity index (χ2v) is 5.60. The number of carbonyl (C=O) groups excluding carboxylic acids is 1. The van der Waals surface area contributed by atoms with E-state index in [0.717, 1.165) is 5.69 Å². The fraction of sp³-hybridized carbons (Fsp3) is 0. The number of hydrogen-bond acceptors (Lipinski definition) is 3. The highest BCUT2D eigenvalue weighted by atomic mass is 19.1. The summed E-state index contributed by atoms with van der Waals surface area (Å²) in [5.41, 5.74) is 1.94. The molecule has 1 amide bonds. The van der Waals surface area contributed by atoms with Gasteiger partial charge in [-0.2, -0.15) is 5.10 Å². The van der Waals surface area contributed by atoms with Crippen molar-refractivity contribution in [2.24, 2.45) is 0 Å². The van der Waals surface area contributed by atoms with Gasteiger partial charge in [-0.3, -0.25) is 4.79 Å². The van der Waals surface area contributed by atoms with E-state index in [9.17, 15) is 9.18 Å². The van der Waals surface area contributed by atoms with Crippen molar-refractivity contribution >= 4 is 11.6 Å². The molecular formula is C20H14FN3O2. The van der Waals surface area contributed by atoms with Gasteiger partial charge in [0.25, 0.3) is 5.91 Å². The molecule has 0 aliphatic carbocycles. The van der Waals surface area contributed by atoms with Gasteiger partial charge in [-0.25, -0.2) is 9.07 Å². The SMILES string of the molecule is O=C(Nc1cccc(F)c1)c1cc(-c2ccco2)nn1-c1ccccc1. The van der Waals surface area contributed by atoms with Crippen LogP contribution in [0.3, 0.4) is 0 Å². The number of amides is 1. The molecule has 0 atom stereocenters. The van der Waals surface area contributed by atoms with Gasteiger partial charge in [-0.05, 0) is 42.5 Å². The van der Waals surface area contributed by atoms with Gasteiger partial charge in [-0.15, -0.1) is 0 Å². The van der Waals surface area contributed by atoms with E-state index in [1.165, 1.54) is 22.9 Å². The van der Waals surface area contributed by atoms with E-state index in [2.05, 4.69) is 10.4 Å². The van der Waals surface area contributed by atoms with Crippen molar-refractivity contribution in [3.8, 4) is 17.1 Å². The molecule has 2 heterocycles. The smallest absolute Gasteiger partial charge is 0.274 e. The van der Waals surface area contributed by atoms with E-state index in [0.29, 0.717) is 22.8 Å². The molecule has 4 aromatic rings. The number of halogens is 1. The zero-order valence-electron chi connectivity index (χ0n) is 13.6. The lowest BCUT2D eigenvalue weighted by molar-refractivity contribution is 0.101. The number of furan rings is 1. The Kier molecular flexibility index (Phi) is 4.07. The summed E-state index contributed by atoms with van der Waals surface area (Å²) in [5.74, 6) is -0.264. The molecule has 0 radical (unpaired) electrons. The van der Waals surface area contributed by atoms with Crippen molar-refractivity contribution in [2.75, 3.05) is 5.32 Å². The number of carbonyl (C=O) groups is 1. The van der Waals surface area contributed by atoms with Gasteiger partial charge in [0, 0.05) is 11.8 Å². The average molecular weight is 347 g/mol. The standard InChI is InChI=1S/C20H14FN3O2/c21-14-6-4-7-15(12-14)22-20(25)18-13-17(19-10-5-11-26-19)23-24(18)16-8-2-1-3-9-16/h1-13H,(H,22,25). The van der Waals surface area contributed by atoms with Crippen LogP contribution in [-0.4, -0.2) is 15.7 Å². The molecule has 0 fully saturated rings. The molecule has 0 aliphatic heterocycles. The maximum absolute atomic E-state index is 13.4. The second-order valence-electron chi connectivity index (χ2n) is 5.60. The summed E-state index contributed by atoms with van der Waals surface area (Å²) < 4.78 is 20.3. The summed E-state index contributed by atoms with van der Waals surface area (Å²) in [4.78, 5) is 12.8. The lowest BCUT2D eigenvalue weighted by atomic mass is 10.2. The number of nitrogens with zero attached hydrogens (tertiary/aromatic N) is 2. The Morgan fingerprint density at radius 2 is 1.85 bits per heavy atom. The fourth-order valence-corrected chi connectivity index (χ4v) is 2.61. The normalized spacial score (nSPS) is 10.7. The third-order valence-corrected chi connectivity index (χ3v) is 3.80. The third-order valence-electron chi connectivity index (χ3n) is 3.80. The van der Waals surface area contributed by atoms with Gasteiger partial charge in [-0.1, -0.05) is 24.3 Å². The topological polar surface area (TPSA) is 60.1 Å². The van der Waals surface area contributed by atoms with Crippen molar-refractivity contribution < 1.29 is 13.6 Å². The van der Waals surface area contributed by atoms with Crippen LogP contribution in [0.15, 0.2) is 83.5 Å². The Bertz CT molecular complexity index is 1040. The molecule has 0 aliphatic rings. The molecule has 26 heavy (non-hydrogen) atoms. The fourth-order valence-electron chi connectivity index (χ4n) is 2.61. The van der Waals surface area contributed by atoms with Crippen LogP contribution in [0.1, 0.15) is 10.5 Å². The lowest BCUT2D eigenvalue weighted by Gasteiger charge is -2.08. The molecule has 4 rings (SSSR count). The summed E-state index contributed by atoms with van der Waals surface area (Å²) in [7, 11) is 0. The van der Waals surface area contributed by atoms with Gasteiger partial charge < -0.3 is 9.73 Å². The molecule has 5 nitrogen and oxygen atoms in total. The number of para-hydroxylation sites is 1. The van der Waals surface area contributed by atoms with Gasteiger partial charge in [0.15, 0.2) is 5.76 Å². The van der Waals surface area contributed by atoms with Crippen molar-refractivity contribution in [1.29, 1.82) is 0 Å². The quantitative estimate of drug-likeness (QED) is 0.590. The number of hydrogen-bond donors (Lipinski definition) is 1. The van der Waals surface area contributed by atoms with Gasteiger partial charge in [0.2, 0.25) is 0 Å². The number of rotatable bonds is 4. The first kappa shape index (κ1) is 15.8. The minimum atomic E-state index is -0.421. The first-order valence-corrected chi connectivity index (χ1v) is 7.97. The maximum Gasteiger partial charge on any atom is 0.274 e. The van der Waals surface area contributed by atoms with Gasteiger partial charge >= 0.3 is 0 Å². The molecule has 0 bridgehead atoms. The predicted molar refractivity (Wildman–Crippen MR) is 95.6 cm³/mol. The molecule has 0 spiro atoms. The van der Waals surface area contributed by atoms with Crippen molar-refractivity contribution in [2.45, 2.75) is 0 Å². The molecule has 2 aromatic heterocycles. The molecule has 6 heteroatoms. The van der Waals surface area contributed by atoms with E-state index >= 15 is 0 Å². The van der Waals surface area contributed by atoms with Crippen LogP contribution in [0.4, 0.5) is 10.1 Å². The highest BCUT2D eigenvalue weighted by molar-refractivity contribution is 6.04. The van der Waals surface area contributed by atoms with Gasteiger partial charge in [0.05, 0.1) is 12.0 Å². The molecular weight excluding hydrogens is 333 g/mol. The summed E-state index contributed by atoms with van der Waals surface area (Å²) >= 11 is 0. The summed E-state index contributed by atoms with van der Waals surface area (Å²) in [6.45, 7) is 0. The number of anilines is 1. The van der Waals surface area contributed by atoms with Crippen molar-refractivity contribution in [3.05, 3.63) is 90.6 Å². The van der Waals surface area contributed by atoms with Crippen molar-refractivity contribution in [3.63, 3.8) is 0 Å². The molecule has 1 N–H and O–H groups in total. The number of aromatic nitrogens is 2. The van der Waals surface area contributed by atoms with E-state index in [4.69, 9.17) is 4.42 Å². The van der Waals surface area contributed by atoms with Gasteiger partial charge in [0.1, 0.15) is 17.2 Å². The monoisotopic (exact) mass is 347 g/mol. The second kappa shape index (κ2) is 6.68. The minimum Gasteiger partial charge on any atom is -0.463 e. The number of benzene rings is 2. The Labute approximate surface area is 148 Å². The summed E-state index contributed by atoms with van der Waals surface area (Å²) in [6, 6.07) is 20.2. The van der Waals surface area contributed by atoms with Crippen LogP contribution in [0.2, 0.25) is 0 Å². The Balaban J connectivity index is 1.75. The first-order valence-electron chi connectivity index (χ1n) is 7.97. The van der Waals surface area contributed by atoms with Crippen LogP contribution in [-0.2, 0) is 0 Å². The van der Waals surface area contributed by atoms with Crippen LogP contribution < -0.4 is 5.32 Å². The van der Waals surface area contributed by atoms with E-state index in [-0.39, 0.29) is 0 Å². The van der Waals surface area contributed by atoms with Crippen LogP contribution in [0.5, 0.6) is 0 Å². The van der Waals surface area contributed by atoms with Crippen LogP contribution >= 0.6 is 0 Å². The first-order chi connectivity index (χ1) is 12.7. The molecule has 0 saturated heterocycles. The Hall–Kier alpha value is -3.67. The van der Waals surface area contributed by atoms with Crippen molar-refractivity contribution in [1.82, 2.24) is 9.78 Å². The largest absolute Gasteiger partial charge is 0.463 e. The zero-order valence-corrected chi connectivity index (χ0v) is 13.6. The average Bonchev–Trinajstić information content (AvgIpc) is 3.32. The summed E-state index contributed by atoms with van der Waals surface area (Å²) in [5, 5.41) is 7.19. The number of nitrogens with one attached hydrogen (secondary N) is 1.